The number of rotatable bonds is 2. The Kier molecular flexibility index (Phi) is 4.56. The highest BCUT2D eigenvalue weighted by Gasteiger charge is 2.52. The molecule has 1 aliphatic carbocycles. The number of ether oxygens (including phenoxy) is 2. The molecule has 5 nitrogen and oxygen atoms in total. The first-order chi connectivity index (χ1) is 8.84. The Morgan fingerprint density at radius 1 is 1.26 bits per heavy atom. The van der Waals surface area contributed by atoms with Gasteiger partial charge in [0.05, 0.1) is 19.8 Å². The van der Waals surface area contributed by atoms with Crippen LogP contribution in [-0.2, 0) is 19.1 Å². The highest BCUT2D eigenvalue weighted by Crippen LogP contribution is 2.43. The fourth-order valence-electron chi connectivity index (χ4n) is 2.54. The van der Waals surface area contributed by atoms with E-state index < -0.39 is 23.0 Å². The fourth-order valence-corrected chi connectivity index (χ4v) is 2.54. The van der Waals surface area contributed by atoms with Crippen LogP contribution in [0.1, 0.15) is 32.6 Å². The molecule has 1 atom stereocenters. The van der Waals surface area contributed by atoms with Crippen LogP contribution in [0, 0.1) is 5.41 Å². The van der Waals surface area contributed by atoms with E-state index in [0.717, 1.165) is 0 Å². The zero-order valence-corrected chi connectivity index (χ0v) is 11.6. The molecule has 0 bridgehead atoms. The van der Waals surface area contributed by atoms with Gasteiger partial charge in [-0.3, -0.25) is 9.59 Å². The van der Waals surface area contributed by atoms with E-state index in [1.54, 1.807) is 6.92 Å². The van der Waals surface area contributed by atoms with Gasteiger partial charge >= 0.3 is 11.9 Å². The summed E-state index contributed by atoms with van der Waals surface area (Å²) >= 11 is 0. The average Bonchev–Trinajstić information content (AvgIpc) is 2.53. The molecule has 1 unspecified atom stereocenters. The summed E-state index contributed by atoms with van der Waals surface area (Å²) in [5.74, 6) is -1.30. The smallest absolute Gasteiger partial charge is 0.323 e. The molecule has 1 aliphatic rings. The molecule has 0 aliphatic heterocycles. The Morgan fingerprint density at radius 2 is 1.79 bits per heavy atom. The maximum Gasteiger partial charge on any atom is 0.323 e. The maximum atomic E-state index is 12.0. The van der Waals surface area contributed by atoms with Crippen LogP contribution >= 0.6 is 0 Å². The predicted molar refractivity (Wildman–Crippen MR) is 68.2 cm³/mol. The van der Waals surface area contributed by atoms with Gasteiger partial charge in [0.25, 0.3) is 0 Å². The topological polar surface area (TPSA) is 72.8 Å². The Balaban J connectivity index is 3.30. The van der Waals surface area contributed by atoms with Crippen LogP contribution in [0.25, 0.3) is 0 Å². The molecule has 1 fully saturated rings. The van der Waals surface area contributed by atoms with Crippen molar-refractivity contribution in [1.29, 1.82) is 0 Å². The van der Waals surface area contributed by atoms with Gasteiger partial charge in [0.2, 0.25) is 0 Å². The molecule has 0 aromatic rings. The minimum atomic E-state index is -1.41. The van der Waals surface area contributed by atoms with Crippen molar-refractivity contribution in [3.8, 4) is 0 Å². The minimum Gasteiger partial charge on any atom is -0.468 e. The van der Waals surface area contributed by atoms with Crippen molar-refractivity contribution in [3.05, 3.63) is 17.9 Å². The third-order valence-corrected chi connectivity index (χ3v) is 3.76. The Hall–Kier alpha value is -1.58. The summed E-state index contributed by atoms with van der Waals surface area (Å²) in [4.78, 5) is 24.1. The normalized spacial score (nSPS) is 26.0. The van der Waals surface area contributed by atoms with Gasteiger partial charge in [-0.15, -0.1) is 5.73 Å². The molecule has 0 aromatic carbocycles. The Morgan fingerprint density at radius 3 is 2.21 bits per heavy atom. The molecule has 0 saturated heterocycles. The highest BCUT2D eigenvalue weighted by molar-refractivity contribution is 6.00. The fraction of sp³-hybridized carbons (Fsp3) is 0.643. The first kappa shape index (κ1) is 15.5. The van der Waals surface area contributed by atoms with Gasteiger partial charge in [-0.2, -0.15) is 0 Å². The first-order valence-electron chi connectivity index (χ1n) is 6.12. The van der Waals surface area contributed by atoms with Crippen LogP contribution in [0.4, 0.5) is 0 Å². The molecule has 19 heavy (non-hydrogen) atoms. The molecule has 1 saturated carbocycles. The second-order valence-corrected chi connectivity index (χ2v) is 5.02. The average molecular weight is 268 g/mol. The lowest BCUT2D eigenvalue weighted by atomic mass is 9.78. The van der Waals surface area contributed by atoms with Crippen LogP contribution in [0.15, 0.2) is 17.9 Å². The standard InChI is InChI=1S/C14H20O5/c1-5-10-9-14(11(15)18-3,12(16)19-4)8-6-7-13(10,2)17/h17H,1,6-9H2,2-4H3. The molecular weight excluding hydrogens is 248 g/mol. The molecule has 1 N–H and O–H groups in total. The lowest BCUT2D eigenvalue weighted by molar-refractivity contribution is -0.169. The van der Waals surface area contributed by atoms with E-state index in [-0.39, 0.29) is 12.8 Å². The van der Waals surface area contributed by atoms with Crippen LogP contribution < -0.4 is 0 Å². The molecule has 0 aromatic heterocycles. The number of methoxy groups -OCH3 is 2. The van der Waals surface area contributed by atoms with Crippen molar-refractivity contribution in [2.45, 2.75) is 38.2 Å². The second-order valence-electron chi connectivity index (χ2n) is 5.02. The number of carbonyl (C=O) groups excluding carboxylic acids is 2. The summed E-state index contributed by atoms with van der Waals surface area (Å²) in [5.41, 5.74) is 0.547. The molecule has 1 rings (SSSR count). The third kappa shape index (κ3) is 2.72. The van der Waals surface area contributed by atoms with Gasteiger partial charge in [-0.05, 0) is 26.2 Å². The van der Waals surface area contributed by atoms with Crippen molar-refractivity contribution in [1.82, 2.24) is 0 Å². The van der Waals surface area contributed by atoms with E-state index in [4.69, 9.17) is 9.47 Å². The number of aliphatic hydroxyl groups is 1. The van der Waals surface area contributed by atoms with Gasteiger partial charge in [0.15, 0.2) is 5.41 Å². The van der Waals surface area contributed by atoms with Crippen LogP contribution in [0.5, 0.6) is 0 Å². The van der Waals surface area contributed by atoms with Crippen molar-refractivity contribution < 1.29 is 24.2 Å². The predicted octanol–water partition coefficient (Wildman–Crippen LogP) is 1.36. The lowest BCUT2D eigenvalue weighted by Crippen LogP contribution is -2.42. The summed E-state index contributed by atoms with van der Waals surface area (Å²) in [6, 6.07) is 0. The van der Waals surface area contributed by atoms with Crippen molar-refractivity contribution in [2.75, 3.05) is 14.2 Å². The van der Waals surface area contributed by atoms with Crippen molar-refractivity contribution in [2.24, 2.45) is 5.41 Å². The van der Waals surface area contributed by atoms with E-state index in [2.05, 4.69) is 12.3 Å². The number of esters is 2. The van der Waals surface area contributed by atoms with Gasteiger partial charge in [0.1, 0.15) is 0 Å². The largest absolute Gasteiger partial charge is 0.468 e. The van der Waals surface area contributed by atoms with E-state index in [9.17, 15) is 14.7 Å². The molecular formula is C14H20O5. The Labute approximate surface area is 112 Å². The second kappa shape index (κ2) is 5.59. The van der Waals surface area contributed by atoms with E-state index >= 15 is 0 Å². The van der Waals surface area contributed by atoms with Gasteiger partial charge < -0.3 is 14.6 Å². The van der Waals surface area contributed by atoms with E-state index in [1.165, 1.54) is 14.2 Å². The van der Waals surface area contributed by atoms with Crippen molar-refractivity contribution >= 4 is 11.9 Å². The highest BCUT2D eigenvalue weighted by atomic mass is 16.5. The van der Waals surface area contributed by atoms with Gasteiger partial charge in [0, 0.05) is 12.0 Å². The third-order valence-electron chi connectivity index (χ3n) is 3.76. The molecule has 5 heteroatoms. The summed E-state index contributed by atoms with van der Waals surface area (Å²) in [6.45, 7) is 5.16. The van der Waals surface area contributed by atoms with Crippen LogP contribution in [0.3, 0.4) is 0 Å². The summed E-state index contributed by atoms with van der Waals surface area (Å²) in [6.07, 6.45) is 1.22. The monoisotopic (exact) mass is 268 g/mol. The summed E-state index contributed by atoms with van der Waals surface area (Å²) < 4.78 is 9.50. The minimum absolute atomic E-state index is 0.0167. The van der Waals surface area contributed by atoms with Gasteiger partial charge in [-0.1, -0.05) is 6.58 Å². The number of hydrogen-bond acceptors (Lipinski definition) is 5. The zero-order valence-electron chi connectivity index (χ0n) is 11.6. The van der Waals surface area contributed by atoms with E-state index in [1.807, 2.05) is 0 Å². The zero-order chi connectivity index (χ0) is 14.7. The maximum absolute atomic E-state index is 12.0. The number of carbonyl (C=O) groups is 2. The SMILES string of the molecule is C=C=C1CC(C(=O)OC)(C(=O)OC)CCCC1(C)O. The first-order valence-corrected chi connectivity index (χ1v) is 6.12. The molecule has 0 radical (unpaired) electrons. The molecule has 106 valence electrons. The number of hydrogen-bond donors (Lipinski definition) is 1. The quantitative estimate of drug-likeness (QED) is 0.354. The molecule has 0 amide bonds. The summed E-state index contributed by atoms with van der Waals surface area (Å²) in [5, 5.41) is 10.3. The van der Waals surface area contributed by atoms with Crippen molar-refractivity contribution in [3.63, 3.8) is 0 Å². The lowest BCUT2D eigenvalue weighted by Gasteiger charge is -2.28. The molecule has 0 heterocycles. The Bertz CT molecular complexity index is 413. The van der Waals surface area contributed by atoms with Gasteiger partial charge in [-0.25, -0.2) is 0 Å². The summed E-state index contributed by atoms with van der Waals surface area (Å²) in [7, 11) is 2.46. The van der Waals surface area contributed by atoms with Crippen LogP contribution in [0.2, 0.25) is 0 Å². The van der Waals surface area contributed by atoms with Crippen LogP contribution in [-0.4, -0.2) is 36.9 Å². The molecule has 0 spiro atoms. The van der Waals surface area contributed by atoms with E-state index in [0.29, 0.717) is 18.4 Å².